The van der Waals surface area contributed by atoms with Crippen molar-refractivity contribution in [3.63, 3.8) is 0 Å². The van der Waals surface area contributed by atoms with Gasteiger partial charge in [0.1, 0.15) is 11.6 Å². The number of hydrogen-bond acceptors (Lipinski definition) is 7. The number of benzene rings is 1. The maximum atomic E-state index is 12.5. The zero-order chi connectivity index (χ0) is 25.8. The summed E-state index contributed by atoms with van der Waals surface area (Å²) in [7, 11) is 3.52. The summed E-state index contributed by atoms with van der Waals surface area (Å²) in [6, 6.07) is 4.49. The van der Waals surface area contributed by atoms with Crippen LogP contribution in [0.15, 0.2) is 34.3 Å². The molecule has 1 heterocycles. The zero-order valence-corrected chi connectivity index (χ0v) is 21.9. The van der Waals surface area contributed by atoms with Crippen LogP contribution < -0.4 is 11.1 Å². The van der Waals surface area contributed by atoms with E-state index in [1.807, 2.05) is 0 Å². The van der Waals surface area contributed by atoms with Crippen LogP contribution in [0.4, 0.5) is 15.9 Å². The third-order valence-corrected chi connectivity index (χ3v) is 8.25. The summed E-state index contributed by atoms with van der Waals surface area (Å²) in [5.41, 5.74) is 7.32. The largest absolute Gasteiger partial charge is 0.388 e. The zero-order valence-electron chi connectivity index (χ0n) is 20.3. The van der Waals surface area contributed by atoms with Gasteiger partial charge in [-0.1, -0.05) is 18.5 Å². The van der Waals surface area contributed by atoms with Crippen molar-refractivity contribution in [2.24, 2.45) is 23.9 Å². The summed E-state index contributed by atoms with van der Waals surface area (Å²) < 4.78 is 14.1. The number of nitrogens with one attached hydrogen (secondary N) is 1. The van der Waals surface area contributed by atoms with Crippen LogP contribution in [-0.4, -0.2) is 46.3 Å². The van der Waals surface area contributed by atoms with E-state index in [0.717, 1.165) is 54.0 Å². The van der Waals surface area contributed by atoms with E-state index in [-0.39, 0.29) is 16.8 Å². The van der Waals surface area contributed by atoms with Gasteiger partial charge in [-0.15, -0.1) is 11.8 Å². The third kappa shape index (κ3) is 5.90. The Bertz CT molecular complexity index is 1090. The molecule has 1 aromatic heterocycles. The van der Waals surface area contributed by atoms with Gasteiger partial charge in [-0.2, -0.15) is 5.10 Å². The third-order valence-electron chi connectivity index (χ3n) is 6.88. The average Bonchev–Trinajstić information content (AvgIpc) is 3.45. The molecule has 35 heavy (non-hydrogen) atoms. The van der Waals surface area contributed by atoms with Crippen LogP contribution in [0.25, 0.3) is 0 Å². The van der Waals surface area contributed by atoms with E-state index >= 15 is 0 Å². The highest BCUT2D eigenvalue weighted by Crippen LogP contribution is 2.57. The molecule has 2 fully saturated rings. The van der Waals surface area contributed by atoms with E-state index in [9.17, 15) is 14.3 Å². The van der Waals surface area contributed by atoms with Crippen molar-refractivity contribution in [1.29, 1.82) is 0 Å². The number of carbonyl (C=O) groups excluding carboxylic acids is 1. The predicted molar refractivity (Wildman–Crippen MR) is 143 cm³/mol. The number of aromatic nitrogens is 2. The second-order valence-corrected chi connectivity index (χ2v) is 10.8. The van der Waals surface area contributed by atoms with Gasteiger partial charge in [-0.3, -0.25) is 14.5 Å². The smallest absolute Gasteiger partial charge is 0.155 e. The van der Waals surface area contributed by atoms with Crippen LogP contribution in [-0.2, 0) is 7.05 Å². The standard InChI is InChI=1S/C18H26N4O2S.C7H7ClFN/c1-4-25-15(9-20-2)18(24)7-12-5-11(6-13(12)8-18)16-14(10-23)17(19)22(3)21-16;1-10-5-2-3-7(9)6(8)4-5/h9-13,24H,2,4-8,19H2,1,3H3;2-4,10H,1H3/b15-9-;. The number of aryl methyl sites for hydroxylation is 1. The summed E-state index contributed by atoms with van der Waals surface area (Å²) in [6.45, 7) is 5.61. The summed E-state index contributed by atoms with van der Waals surface area (Å²) in [5, 5.41) is 18.6. The van der Waals surface area contributed by atoms with Crippen molar-refractivity contribution in [3.8, 4) is 0 Å². The molecular weight excluding hydrogens is 489 g/mol. The quantitative estimate of drug-likeness (QED) is 0.339. The van der Waals surface area contributed by atoms with Gasteiger partial charge in [-0.05, 0) is 68.2 Å². The van der Waals surface area contributed by atoms with Crippen LogP contribution in [0.2, 0.25) is 5.02 Å². The van der Waals surface area contributed by atoms with Gasteiger partial charge >= 0.3 is 0 Å². The number of nitrogens with zero attached hydrogens (tertiary/aromatic N) is 3. The van der Waals surface area contributed by atoms with E-state index in [4.69, 9.17) is 17.3 Å². The number of nitrogen functional groups attached to an aromatic ring is 1. The Labute approximate surface area is 215 Å². The minimum absolute atomic E-state index is 0.145. The highest BCUT2D eigenvalue weighted by atomic mass is 35.5. The fourth-order valence-electron chi connectivity index (χ4n) is 5.27. The van der Waals surface area contributed by atoms with Crippen LogP contribution in [0, 0.1) is 17.7 Å². The average molecular weight is 522 g/mol. The molecule has 2 saturated carbocycles. The Hall–Kier alpha value is -2.36. The van der Waals surface area contributed by atoms with Crippen molar-refractivity contribution in [2.45, 2.75) is 44.1 Å². The molecule has 0 bridgehead atoms. The Morgan fingerprint density at radius 1 is 1.46 bits per heavy atom. The number of rotatable bonds is 7. The Balaban J connectivity index is 0.000000287. The number of aliphatic imine (C=N–C) groups is 1. The molecule has 0 aliphatic heterocycles. The van der Waals surface area contributed by atoms with Crippen molar-refractivity contribution in [3.05, 3.63) is 51.4 Å². The first-order chi connectivity index (χ1) is 16.7. The first-order valence-corrected chi connectivity index (χ1v) is 13.0. The number of carbonyl (C=O) groups is 1. The molecule has 2 atom stereocenters. The molecule has 0 saturated heterocycles. The lowest BCUT2D eigenvalue weighted by atomic mass is 9.91. The predicted octanol–water partition coefficient (Wildman–Crippen LogP) is 5.27. The van der Waals surface area contributed by atoms with Gasteiger partial charge in [0.05, 0.1) is 21.9 Å². The van der Waals surface area contributed by atoms with Crippen LogP contribution in [0.5, 0.6) is 0 Å². The van der Waals surface area contributed by atoms with Crippen LogP contribution in [0.1, 0.15) is 54.6 Å². The molecule has 7 nitrogen and oxygen atoms in total. The fourth-order valence-corrected chi connectivity index (χ4v) is 6.34. The molecule has 2 aromatic rings. The number of hydrogen-bond donors (Lipinski definition) is 3. The number of halogens is 2. The minimum atomic E-state index is -0.793. The Morgan fingerprint density at radius 2 is 2.11 bits per heavy atom. The van der Waals surface area contributed by atoms with E-state index in [1.54, 1.807) is 42.8 Å². The second-order valence-electron chi connectivity index (χ2n) is 9.04. The monoisotopic (exact) mass is 521 g/mol. The van der Waals surface area contributed by atoms with Gasteiger partial charge in [0.2, 0.25) is 0 Å². The van der Waals surface area contributed by atoms with Crippen molar-refractivity contribution >= 4 is 47.9 Å². The lowest BCUT2D eigenvalue weighted by Crippen LogP contribution is -2.27. The molecule has 2 aliphatic carbocycles. The highest BCUT2D eigenvalue weighted by molar-refractivity contribution is 8.03. The SMILES string of the molecule is C=N/C=C(\SCC)C1(O)CC2CC(c3nn(C)c(N)c3C=O)CC2C1.CNc1ccc(F)c(Cl)c1. The summed E-state index contributed by atoms with van der Waals surface area (Å²) in [6.07, 6.45) is 5.88. The van der Waals surface area contributed by atoms with Gasteiger partial charge in [-0.25, -0.2) is 4.39 Å². The molecule has 0 spiro atoms. The number of aldehydes is 1. The van der Waals surface area contributed by atoms with Crippen molar-refractivity contribution < 1.29 is 14.3 Å². The first kappa shape index (κ1) is 27.2. The molecule has 4 rings (SSSR count). The molecule has 2 unspecified atom stereocenters. The van der Waals surface area contributed by atoms with Crippen LogP contribution >= 0.6 is 23.4 Å². The molecule has 4 N–H and O–H groups in total. The molecule has 2 aliphatic rings. The fraction of sp³-hybridized carbons (Fsp3) is 0.480. The topological polar surface area (TPSA) is 106 Å². The van der Waals surface area contributed by atoms with Crippen LogP contribution in [0.3, 0.4) is 0 Å². The van der Waals surface area contributed by atoms with E-state index in [1.165, 1.54) is 12.1 Å². The number of anilines is 2. The maximum absolute atomic E-state index is 12.5. The van der Waals surface area contributed by atoms with Crippen molar-refractivity contribution in [1.82, 2.24) is 9.78 Å². The van der Waals surface area contributed by atoms with E-state index < -0.39 is 5.60 Å². The number of nitrogens with two attached hydrogens (primary N) is 1. The summed E-state index contributed by atoms with van der Waals surface area (Å²) >= 11 is 7.12. The summed E-state index contributed by atoms with van der Waals surface area (Å²) in [5.74, 6) is 2.05. The molecule has 0 radical (unpaired) electrons. The van der Waals surface area contributed by atoms with E-state index in [2.05, 4.69) is 29.0 Å². The summed E-state index contributed by atoms with van der Waals surface area (Å²) in [4.78, 5) is 16.2. The first-order valence-electron chi connectivity index (χ1n) is 11.6. The second kappa shape index (κ2) is 11.6. The number of fused-ring (bicyclic) bond motifs is 1. The van der Waals surface area contributed by atoms with E-state index in [0.29, 0.717) is 23.2 Å². The molecule has 1 aromatic carbocycles. The Morgan fingerprint density at radius 3 is 2.63 bits per heavy atom. The Kier molecular flexibility index (Phi) is 9.01. The van der Waals surface area contributed by atoms with Gasteiger partial charge in [0.15, 0.2) is 6.29 Å². The molecule has 0 amide bonds. The highest BCUT2D eigenvalue weighted by Gasteiger charge is 2.51. The number of aliphatic hydroxyl groups is 1. The maximum Gasteiger partial charge on any atom is 0.155 e. The molecule has 10 heteroatoms. The van der Waals surface area contributed by atoms with Gasteiger partial charge in [0.25, 0.3) is 0 Å². The number of thioether (sulfide) groups is 1. The lowest BCUT2D eigenvalue weighted by molar-refractivity contribution is 0.0842. The lowest BCUT2D eigenvalue weighted by Gasteiger charge is -2.26. The molecule has 190 valence electrons. The normalized spacial score (nSPS) is 25.5. The van der Waals surface area contributed by atoms with Gasteiger partial charge < -0.3 is 16.2 Å². The molecular formula is C25H33ClFN5O2S. The van der Waals surface area contributed by atoms with Crippen molar-refractivity contribution in [2.75, 3.05) is 23.9 Å². The minimum Gasteiger partial charge on any atom is -0.388 e. The van der Waals surface area contributed by atoms with Gasteiger partial charge in [0, 0.05) is 36.8 Å².